The van der Waals surface area contributed by atoms with Crippen LogP contribution in [-0.4, -0.2) is 19.6 Å². The van der Waals surface area contributed by atoms with E-state index in [9.17, 15) is 0 Å². The molecule has 0 amide bonds. The summed E-state index contributed by atoms with van der Waals surface area (Å²) < 4.78 is 0. The predicted octanol–water partition coefficient (Wildman–Crippen LogP) is 6.06. The summed E-state index contributed by atoms with van der Waals surface area (Å²) in [5.41, 5.74) is 4.27. The highest BCUT2D eigenvalue weighted by molar-refractivity contribution is 5.67. The molecule has 1 aromatic carbocycles. The quantitative estimate of drug-likeness (QED) is 0.592. The van der Waals surface area contributed by atoms with Gasteiger partial charge in [0, 0.05) is 36.7 Å². The maximum atomic E-state index is 3.58. The van der Waals surface area contributed by atoms with Crippen molar-refractivity contribution >= 4 is 17.1 Å². The van der Waals surface area contributed by atoms with E-state index in [1.807, 2.05) is 0 Å². The molecule has 3 nitrogen and oxygen atoms in total. The molecule has 0 aliphatic rings. The van der Waals surface area contributed by atoms with Gasteiger partial charge in [-0.2, -0.15) is 0 Å². The summed E-state index contributed by atoms with van der Waals surface area (Å²) in [6, 6.07) is 6.62. The summed E-state index contributed by atoms with van der Waals surface area (Å²) in [4.78, 5) is 0. The SMILES string of the molecule is CC(C)(C)CNc1cc(NCC(C)(C)C)cc(NCC(C)(C)C)c1. The summed E-state index contributed by atoms with van der Waals surface area (Å²) in [6.07, 6.45) is 0. The Morgan fingerprint density at radius 1 is 0.500 bits per heavy atom. The largest absolute Gasteiger partial charge is 0.384 e. The van der Waals surface area contributed by atoms with Crippen molar-refractivity contribution in [1.82, 2.24) is 0 Å². The molecule has 1 rings (SSSR count). The first kappa shape index (κ1) is 20.7. The first-order chi connectivity index (χ1) is 10.7. The third kappa shape index (κ3) is 9.69. The van der Waals surface area contributed by atoms with Gasteiger partial charge in [-0.25, -0.2) is 0 Å². The third-order valence-corrected chi connectivity index (χ3v) is 3.40. The lowest BCUT2D eigenvalue weighted by atomic mass is 9.96. The zero-order valence-corrected chi connectivity index (χ0v) is 17.4. The van der Waals surface area contributed by atoms with E-state index < -0.39 is 0 Å². The number of anilines is 3. The summed E-state index contributed by atoms with van der Waals surface area (Å²) >= 11 is 0. The average Bonchev–Trinajstić information content (AvgIpc) is 2.38. The Bertz CT molecular complexity index is 425. The van der Waals surface area contributed by atoms with Gasteiger partial charge in [-0.05, 0) is 34.4 Å². The number of hydrogen-bond acceptors (Lipinski definition) is 3. The van der Waals surface area contributed by atoms with Gasteiger partial charge in [-0.3, -0.25) is 0 Å². The van der Waals surface area contributed by atoms with Crippen molar-refractivity contribution in [3.05, 3.63) is 18.2 Å². The minimum Gasteiger partial charge on any atom is -0.384 e. The first-order valence-electron chi connectivity index (χ1n) is 9.10. The molecule has 0 aromatic heterocycles. The highest BCUT2D eigenvalue weighted by Gasteiger charge is 2.13. The van der Waals surface area contributed by atoms with E-state index in [1.54, 1.807) is 0 Å². The lowest BCUT2D eigenvalue weighted by molar-refractivity contribution is 0.442. The molecule has 0 atom stereocenters. The van der Waals surface area contributed by atoms with E-state index in [0.29, 0.717) is 0 Å². The van der Waals surface area contributed by atoms with Crippen LogP contribution in [0.3, 0.4) is 0 Å². The molecule has 0 saturated carbocycles. The smallest absolute Gasteiger partial charge is 0.0381 e. The van der Waals surface area contributed by atoms with Gasteiger partial charge in [0.25, 0.3) is 0 Å². The van der Waals surface area contributed by atoms with E-state index in [0.717, 1.165) is 19.6 Å². The molecule has 138 valence electrons. The molecule has 0 spiro atoms. The van der Waals surface area contributed by atoms with E-state index in [4.69, 9.17) is 0 Å². The summed E-state index contributed by atoms with van der Waals surface area (Å²) in [5, 5.41) is 10.7. The molecule has 0 radical (unpaired) electrons. The van der Waals surface area contributed by atoms with Crippen molar-refractivity contribution in [3.63, 3.8) is 0 Å². The first-order valence-corrected chi connectivity index (χ1v) is 9.10. The second-order valence-corrected chi connectivity index (χ2v) is 10.5. The minimum atomic E-state index is 0.258. The van der Waals surface area contributed by atoms with Crippen molar-refractivity contribution in [2.75, 3.05) is 35.6 Å². The molecule has 0 unspecified atom stereocenters. The summed E-state index contributed by atoms with van der Waals surface area (Å²) in [6.45, 7) is 23.1. The Hall–Kier alpha value is -1.38. The molecule has 3 heteroatoms. The topological polar surface area (TPSA) is 36.1 Å². The van der Waals surface area contributed by atoms with Crippen LogP contribution >= 0.6 is 0 Å². The van der Waals surface area contributed by atoms with E-state index in [2.05, 4.69) is 96.5 Å². The zero-order valence-electron chi connectivity index (χ0n) is 17.4. The standard InChI is InChI=1S/C21H39N3/c1-19(2,3)13-22-16-10-17(23-14-20(4,5)6)12-18(11-16)24-15-21(7,8)9/h10-12,22-24H,13-15H2,1-9H3. The lowest BCUT2D eigenvalue weighted by Gasteiger charge is -2.24. The van der Waals surface area contributed by atoms with Crippen molar-refractivity contribution in [1.29, 1.82) is 0 Å². The van der Waals surface area contributed by atoms with E-state index >= 15 is 0 Å². The Morgan fingerprint density at radius 2 is 0.708 bits per heavy atom. The van der Waals surface area contributed by atoms with Gasteiger partial charge in [0.15, 0.2) is 0 Å². The molecule has 0 saturated heterocycles. The van der Waals surface area contributed by atoms with Crippen LogP contribution < -0.4 is 16.0 Å². The summed E-state index contributed by atoms with van der Waals surface area (Å²) in [5.74, 6) is 0. The normalized spacial score (nSPS) is 12.9. The monoisotopic (exact) mass is 333 g/mol. The molecule has 0 heterocycles. The van der Waals surface area contributed by atoms with Gasteiger partial charge < -0.3 is 16.0 Å². The Morgan fingerprint density at radius 3 is 0.875 bits per heavy atom. The number of hydrogen-bond donors (Lipinski definition) is 3. The Labute approximate surface area is 150 Å². The molecule has 0 bridgehead atoms. The molecule has 0 aliphatic heterocycles. The van der Waals surface area contributed by atoms with Crippen molar-refractivity contribution < 1.29 is 0 Å². The zero-order chi connectivity index (χ0) is 18.6. The van der Waals surface area contributed by atoms with Crippen molar-refractivity contribution in [2.24, 2.45) is 16.2 Å². The molecule has 24 heavy (non-hydrogen) atoms. The molecule has 1 aromatic rings. The van der Waals surface area contributed by atoms with Gasteiger partial charge in [0.05, 0.1) is 0 Å². The third-order valence-electron chi connectivity index (χ3n) is 3.40. The van der Waals surface area contributed by atoms with Gasteiger partial charge in [-0.15, -0.1) is 0 Å². The summed E-state index contributed by atoms with van der Waals surface area (Å²) in [7, 11) is 0. The van der Waals surface area contributed by atoms with Crippen molar-refractivity contribution in [3.8, 4) is 0 Å². The Balaban J connectivity index is 2.91. The van der Waals surface area contributed by atoms with E-state index in [-0.39, 0.29) is 16.2 Å². The number of nitrogens with one attached hydrogen (secondary N) is 3. The van der Waals surface area contributed by atoms with Crippen LogP contribution in [0.4, 0.5) is 17.1 Å². The fourth-order valence-electron chi connectivity index (χ4n) is 2.04. The van der Waals surface area contributed by atoms with Crippen LogP contribution in [0.25, 0.3) is 0 Å². The van der Waals surface area contributed by atoms with Gasteiger partial charge >= 0.3 is 0 Å². The second-order valence-electron chi connectivity index (χ2n) is 10.5. The van der Waals surface area contributed by atoms with Gasteiger partial charge in [0.1, 0.15) is 0 Å². The van der Waals surface area contributed by atoms with Crippen LogP contribution in [0, 0.1) is 16.2 Å². The number of benzene rings is 1. The fraction of sp³-hybridized carbons (Fsp3) is 0.714. The number of rotatable bonds is 6. The van der Waals surface area contributed by atoms with Gasteiger partial charge in [-0.1, -0.05) is 62.3 Å². The predicted molar refractivity (Wildman–Crippen MR) is 110 cm³/mol. The molecular weight excluding hydrogens is 294 g/mol. The molecule has 0 aliphatic carbocycles. The Kier molecular flexibility index (Phi) is 6.60. The lowest BCUT2D eigenvalue weighted by Crippen LogP contribution is -2.21. The van der Waals surface area contributed by atoms with E-state index in [1.165, 1.54) is 17.1 Å². The second kappa shape index (κ2) is 7.67. The molecule has 0 fully saturated rings. The van der Waals surface area contributed by atoms with Crippen LogP contribution in [-0.2, 0) is 0 Å². The van der Waals surface area contributed by atoms with Crippen LogP contribution in [0.2, 0.25) is 0 Å². The molecular formula is C21H39N3. The van der Waals surface area contributed by atoms with Gasteiger partial charge in [0.2, 0.25) is 0 Å². The highest BCUT2D eigenvalue weighted by Crippen LogP contribution is 2.26. The minimum absolute atomic E-state index is 0.258. The van der Waals surface area contributed by atoms with Crippen molar-refractivity contribution in [2.45, 2.75) is 62.3 Å². The maximum Gasteiger partial charge on any atom is 0.0381 e. The van der Waals surface area contributed by atoms with Crippen LogP contribution in [0.1, 0.15) is 62.3 Å². The fourth-order valence-corrected chi connectivity index (χ4v) is 2.04. The van der Waals surface area contributed by atoms with Crippen LogP contribution in [0.5, 0.6) is 0 Å². The maximum absolute atomic E-state index is 3.58. The average molecular weight is 334 g/mol. The molecule has 3 N–H and O–H groups in total. The van der Waals surface area contributed by atoms with Crippen LogP contribution in [0.15, 0.2) is 18.2 Å². The highest BCUT2D eigenvalue weighted by atomic mass is 14.9.